The van der Waals surface area contributed by atoms with E-state index in [2.05, 4.69) is 48.4 Å². The first-order valence-corrected chi connectivity index (χ1v) is 9.00. The van der Waals surface area contributed by atoms with Gasteiger partial charge in [-0.25, -0.2) is 4.98 Å². The highest BCUT2D eigenvalue weighted by molar-refractivity contribution is 5.85. The van der Waals surface area contributed by atoms with Crippen molar-refractivity contribution in [2.45, 2.75) is 19.8 Å². The molecule has 0 unspecified atom stereocenters. The Labute approximate surface area is 148 Å². The van der Waals surface area contributed by atoms with Crippen LogP contribution >= 0.6 is 0 Å². The summed E-state index contributed by atoms with van der Waals surface area (Å²) in [6.45, 7) is 8.60. The molecule has 0 atom stereocenters. The van der Waals surface area contributed by atoms with Gasteiger partial charge < -0.3 is 9.80 Å². The first-order valence-electron chi connectivity index (χ1n) is 9.00. The fraction of sp³-hybridized carbons (Fsp3) is 0.400. The zero-order chi connectivity index (χ0) is 17.6. The fourth-order valence-corrected chi connectivity index (χ4v) is 3.75. The zero-order valence-electron chi connectivity index (χ0n) is 15.1. The third kappa shape index (κ3) is 2.54. The molecule has 0 spiro atoms. The van der Waals surface area contributed by atoms with Crippen LogP contribution in [0.15, 0.2) is 30.3 Å². The number of rotatable bonds is 2. The molecule has 128 valence electrons. The fourth-order valence-electron chi connectivity index (χ4n) is 3.75. The van der Waals surface area contributed by atoms with E-state index in [0.717, 1.165) is 48.4 Å². The molecule has 1 aromatic carbocycles. The highest BCUT2D eigenvalue weighted by Gasteiger charge is 2.24. The molecule has 0 bridgehead atoms. The van der Waals surface area contributed by atoms with Gasteiger partial charge >= 0.3 is 0 Å². The van der Waals surface area contributed by atoms with Gasteiger partial charge in [-0.15, -0.1) is 0 Å². The molecule has 0 amide bonds. The van der Waals surface area contributed by atoms with Gasteiger partial charge in [-0.1, -0.05) is 26.0 Å². The number of nitriles is 1. The molecule has 5 heteroatoms. The van der Waals surface area contributed by atoms with Gasteiger partial charge in [-0.3, -0.25) is 4.40 Å². The van der Waals surface area contributed by atoms with Gasteiger partial charge in [-0.2, -0.15) is 5.26 Å². The van der Waals surface area contributed by atoms with Crippen molar-refractivity contribution in [3.05, 3.63) is 41.5 Å². The maximum atomic E-state index is 9.81. The lowest BCUT2D eigenvalue weighted by Crippen LogP contribution is -3.12. The summed E-state index contributed by atoms with van der Waals surface area (Å²) in [5.41, 5.74) is 4.60. The Morgan fingerprint density at radius 2 is 1.92 bits per heavy atom. The second kappa shape index (κ2) is 6.05. The lowest BCUT2D eigenvalue weighted by atomic mass is 9.98. The Kier molecular flexibility index (Phi) is 3.85. The molecular weight excluding hydrogens is 310 g/mol. The van der Waals surface area contributed by atoms with Crippen molar-refractivity contribution in [3.63, 3.8) is 0 Å². The highest BCUT2D eigenvalue weighted by atomic mass is 15.3. The Balaban J connectivity index is 2.04. The number of quaternary nitrogens is 1. The quantitative estimate of drug-likeness (QED) is 0.778. The summed E-state index contributed by atoms with van der Waals surface area (Å²) in [5.74, 6) is 1.45. The van der Waals surface area contributed by atoms with Gasteiger partial charge in [-0.05, 0) is 29.7 Å². The number of nitrogens with one attached hydrogen (secondary N) is 1. The molecule has 2 aromatic heterocycles. The number of anilines is 1. The van der Waals surface area contributed by atoms with Gasteiger partial charge in [0, 0.05) is 0 Å². The SMILES string of the molecule is CC(C)c1cc(N2CC[NH+](C)CC2)n2c(nc3ccccc32)c1C#N. The minimum absolute atomic E-state index is 0.288. The highest BCUT2D eigenvalue weighted by Crippen LogP contribution is 2.32. The Bertz CT molecular complexity index is 971. The van der Waals surface area contributed by atoms with Gasteiger partial charge in [0.15, 0.2) is 5.65 Å². The second-order valence-corrected chi connectivity index (χ2v) is 7.30. The van der Waals surface area contributed by atoms with Gasteiger partial charge in [0.05, 0.1) is 49.8 Å². The average molecular weight is 334 g/mol. The number of piperazine rings is 1. The molecule has 0 saturated carbocycles. The first kappa shape index (κ1) is 15.9. The lowest BCUT2D eigenvalue weighted by molar-refractivity contribution is -0.880. The predicted octanol–water partition coefficient (Wildman–Crippen LogP) is 1.82. The molecule has 3 heterocycles. The lowest BCUT2D eigenvalue weighted by Gasteiger charge is -2.32. The van der Waals surface area contributed by atoms with Crippen molar-refractivity contribution in [1.29, 1.82) is 5.26 Å². The maximum Gasteiger partial charge on any atom is 0.157 e. The molecular formula is C20H24N5+. The molecule has 4 rings (SSSR count). The van der Waals surface area contributed by atoms with E-state index in [1.807, 2.05) is 18.2 Å². The Morgan fingerprint density at radius 3 is 2.60 bits per heavy atom. The minimum Gasteiger partial charge on any atom is -0.346 e. The van der Waals surface area contributed by atoms with E-state index >= 15 is 0 Å². The number of para-hydroxylation sites is 2. The summed E-state index contributed by atoms with van der Waals surface area (Å²) >= 11 is 0. The van der Waals surface area contributed by atoms with Gasteiger partial charge in [0.25, 0.3) is 0 Å². The predicted molar refractivity (Wildman–Crippen MR) is 100 cm³/mol. The van der Waals surface area contributed by atoms with Crippen LogP contribution in [0.2, 0.25) is 0 Å². The van der Waals surface area contributed by atoms with Crippen LogP contribution < -0.4 is 9.80 Å². The standard InChI is InChI=1S/C20H23N5/c1-14(2)15-12-19(24-10-8-23(3)9-11-24)25-18-7-5-4-6-17(18)22-20(25)16(15)13-21/h4-7,12,14H,8-11H2,1-3H3/p+1. The van der Waals surface area contributed by atoms with Crippen LogP contribution in [0.25, 0.3) is 16.7 Å². The number of hydrogen-bond donors (Lipinski definition) is 1. The Hall–Kier alpha value is -2.58. The van der Waals surface area contributed by atoms with E-state index in [1.165, 1.54) is 5.82 Å². The number of likely N-dealkylation sites (N-methyl/N-ethyl adjacent to an activating group) is 1. The number of imidazole rings is 1. The van der Waals surface area contributed by atoms with E-state index in [-0.39, 0.29) is 5.92 Å². The van der Waals surface area contributed by atoms with Crippen molar-refractivity contribution < 1.29 is 4.90 Å². The van der Waals surface area contributed by atoms with Crippen molar-refractivity contribution in [2.24, 2.45) is 0 Å². The largest absolute Gasteiger partial charge is 0.346 e. The third-order valence-corrected chi connectivity index (χ3v) is 5.26. The summed E-state index contributed by atoms with van der Waals surface area (Å²) < 4.78 is 2.18. The number of nitrogens with zero attached hydrogens (tertiary/aromatic N) is 4. The summed E-state index contributed by atoms with van der Waals surface area (Å²) in [6, 6.07) is 12.8. The van der Waals surface area contributed by atoms with Crippen LogP contribution in [-0.4, -0.2) is 42.6 Å². The smallest absolute Gasteiger partial charge is 0.157 e. The number of hydrogen-bond acceptors (Lipinski definition) is 3. The summed E-state index contributed by atoms with van der Waals surface area (Å²) in [7, 11) is 2.25. The second-order valence-electron chi connectivity index (χ2n) is 7.30. The zero-order valence-corrected chi connectivity index (χ0v) is 15.1. The van der Waals surface area contributed by atoms with Crippen LogP contribution in [0.5, 0.6) is 0 Å². The van der Waals surface area contributed by atoms with Crippen LogP contribution in [0.4, 0.5) is 5.82 Å². The summed E-state index contributed by atoms with van der Waals surface area (Å²) in [4.78, 5) is 8.82. The van der Waals surface area contributed by atoms with Crippen molar-refractivity contribution in [2.75, 3.05) is 38.1 Å². The van der Waals surface area contributed by atoms with Crippen molar-refractivity contribution in [1.82, 2.24) is 9.38 Å². The molecule has 1 N–H and O–H groups in total. The number of benzene rings is 1. The third-order valence-electron chi connectivity index (χ3n) is 5.26. The summed E-state index contributed by atoms with van der Waals surface area (Å²) in [6.07, 6.45) is 0. The normalized spacial score (nSPS) is 16.0. The minimum atomic E-state index is 0.288. The summed E-state index contributed by atoms with van der Waals surface area (Å²) in [5, 5.41) is 9.81. The average Bonchev–Trinajstić information content (AvgIpc) is 3.00. The van der Waals surface area contributed by atoms with Crippen LogP contribution in [0, 0.1) is 11.3 Å². The van der Waals surface area contributed by atoms with E-state index in [9.17, 15) is 5.26 Å². The Morgan fingerprint density at radius 1 is 1.20 bits per heavy atom. The first-order chi connectivity index (χ1) is 12.1. The van der Waals surface area contributed by atoms with Crippen molar-refractivity contribution in [3.8, 4) is 6.07 Å². The molecule has 25 heavy (non-hydrogen) atoms. The monoisotopic (exact) mass is 334 g/mol. The maximum absolute atomic E-state index is 9.81. The number of aromatic nitrogens is 2. The molecule has 1 aliphatic rings. The van der Waals surface area contributed by atoms with Crippen molar-refractivity contribution >= 4 is 22.5 Å². The van der Waals surface area contributed by atoms with Crippen LogP contribution in [0.1, 0.15) is 30.9 Å². The van der Waals surface area contributed by atoms with E-state index in [4.69, 9.17) is 4.98 Å². The molecule has 1 saturated heterocycles. The molecule has 0 radical (unpaired) electrons. The van der Waals surface area contributed by atoms with Crippen LogP contribution in [-0.2, 0) is 0 Å². The molecule has 0 aliphatic carbocycles. The molecule has 3 aromatic rings. The number of fused-ring (bicyclic) bond motifs is 3. The van der Waals surface area contributed by atoms with E-state index in [1.54, 1.807) is 4.90 Å². The van der Waals surface area contributed by atoms with Gasteiger partial charge in [0.1, 0.15) is 11.9 Å². The van der Waals surface area contributed by atoms with Crippen LogP contribution in [0.3, 0.4) is 0 Å². The molecule has 5 nitrogen and oxygen atoms in total. The molecule has 1 aliphatic heterocycles. The molecule has 1 fully saturated rings. The van der Waals surface area contributed by atoms with Gasteiger partial charge in [0.2, 0.25) is 0 Å². The van der Waals surface area contributed by atoms with E-state index < -0.39 is 0 Å². The number of pyridine rings is 1. The van der Waals surface area contributed by atoms with E-state index in [0.29, 0.717) is 5.56 Å². The topological polar surface area (TPSA) is 48.8 Å².